The van der Waals surface area contributed by atoms with E-state index in [1.165, 1.54) is 0 Å². The Balaban J connectivity index is 2.76. The zero-order valence-electron chi connectivity index (χ0n) is 7.34. The van der Waals surface area contributed by atoms with Crippen LogP contribution in [0.3, 0.4) is 0 Å². The van der Waals surface area contributed by atoms with Gasteiger partial charge in [-0.15, -0.1) is 0 Å². The van der Waals surface area contributed by atoms with Crippen molar-refractivity contribution < 1.29 is 17.6 Å². The van der Waals surface area contributed by atoms with Crippen LogP contribution in [0.2, 0.25) is 0 Å². The van der Waals surface area contributed by atoms with E-state index in [-0.39, 0.29) is 11.0 Å². The lowest BCUT2D eigenvalue weighted by atomic mass is 10.1. The van der Waals surface area contributed by atoms with Crippen LogP contribution in [-0.4, -0.2) is 0 Å². The molecule has 0 saturated heterocycles. The van der Waals surface area contributed by atoms with Crippen molar-refractivity contribution in [2.75, 3.05) is 0 Å². The minimum Gasteiger partial charge on any atom is -0.464 e. The van der Waals surface area contributed by atoms with Gasteiger partial charge in [0, 0.05) is 6.07 Å². The summed E-state index contributed by atoms with van der Waals surface area (Å²) in [7, 11) is 0. The van der Waals surface area contributed by atoms with Gasteiger partial charge in [-0.3, -0.25) is 4.79 Å². The van der Waals surface area contributed by atoms with E-state index in [1.807, 2.05) is 0 Å². The highest BCUT2D eigenvalue weighted by Gasteiger charge is 2.30. The number of hydrogen-bond donors (Lipinski definition) is 0. The maximum absolute atomic E-state index is 12.3. The molecule has 1 aromatic carbocycles. The zero-order chi connectivity index (χ0) is 11.1. The van der Waals surface area contributed by atoms with Crippen LogP contribution >= 0.6 is 0 Å². The van der Waals surface area contributed by atoms with Crippen molar-refractivity contribution in [1.82, 2.24) is 0 Å². The molecule has 1 aromatic heterocycles. The third kappa shape index (κ3) is 1.72. The maximum Gasteiger partial charge on any atom is 0.416 e. The van der Waals surface area contributed by atoms with Crippen molar-refractivity contribution in [3.05, 3.63) is 46.3 Å². The summed E-state index contributed by atoms with van der Waals surface area (Å²) in [4.78, 5) is 11.2. The van der Waals surface area contributed by atoms with Gasteiger partial charge in [-0.2, -0.15) is 13.2 Å². The van der Waals surface area contributed by atoms with Crippen molar-refractivity contribution in [3.63, 3.8) is 0 Å². The van der Waals surface area contributed by atoms with Crippen LogP contribution in [0.4, 0.5) is 13.2 Å². The predicted octanol–water partition coefficient (Wildman–Crippen LogP) is 2.81. The summed E-state index contributed by atoms with van der Waals surface area (Å²) in [5, 5.41) is -0.0627. The quantitative estimate of drug-likeness (QED) is 0.674. The molecule has 0 bridgehead atoms. The van der Waals surface area contributed by atoms with Gasteiger partial charge in [-0.25, -0.2) is 0 Å². The van der Waals surface area contributed by atoms with Crippen molar-refractivity contribution in [3.8, 4) is 0 Å². The molecule has 2 nitrogen and oxygen atoms in total. The maximum atomic E-state index is 12.3. The average molecular weight is 214 g/mol. The molecular formula is C10H5F3O2. The van der Waals surface area contributed by atoms with Crippen LogP contribution in [0.15, 0.2) is 39.7 Å². The van der Waals surface area contributed by atoms with Gasteiger partial charge in [0.2, 0.25) is 0 Å². The Morgan fingerprint density at radius 3 is 2.53 bits per heavy atom. The largest absolute Gasteiger partial charge is 0.464 e. The fraction of sp³-hybridized carbons (Fsp3) is 0.100. The van der Waals surface area contributed by atoms with Crippen LogP contribution in [0.25, 0.3) is 11.0 Å². The van der Waals surface area contributed by atoms with E-state index >= 15 is 0 Å². The van der Waals surface area contributed by atoms with Gasteiger partial charge in [0.15, 0.2) is 5.43 Å². The Morgan fingerprint density at radius 2 is 1.87 bits per heavy atom. The van der Waals surface area contributed by atoms with E-state index in [0.29, 0.717) is 0 Å². The summed E-state index contributed by atoms with van der Waals surface area (Å²) in [5.74, 6) is 0. The highest BCUT2D eigenvalue weighted by atomic mass is 19.4. The van der Waals surface area contributed by atoms with Gasteiger partial charge in [0.25, 0.3) is 0 Å². The molecule has 0 N–H and O–H groups in total. The smallest absolute Gasteiger partial charge is 0.416 e. The van der Waals surface area contributed by atoms with Gasteiger partial charge < -0.3 is 4.42 Å². The summed E-state index contributed by atoms with van der Waals surface area (Å²) < 4.78 is 41.8. The number of fused-ring (bicyclic) bond motifs is 1. The minimum absolute atomic E-state index is 0.0627. The first kappa shape index (κ1) is 9.76. The number of rotatable bonds is 0. The molecule has 2 rings (SSSR count). The topological polar surface area (TPSA) is 30.2 Å². The molecule has 0 saturated carbocycles. The van der Waals surface area contributed by atoms with Crippen LogP contribution in [0.1, 0.15) is 5.56 Å². The molecule has 1 heterocycles. The summed E-state index contributed by atoms with van der Waals surface area (Å²) in [6.45, 7) is 0. The normalized spacial score (nSPS) is 11.9. The van der Waals surface area contributed by atoms with Gasteiger partial charge in [-0.05, 0) is 18.2 Å². The molecule has 0 spiro atoms. The van der Waals surface area contributed by atoms with Crippen molar-refractivity contribution >= 4 is 11.0 Å². The molecule has 15 heavy (non-hydrogen) atoms. The van der Waals surface area contributed by atoms with Crippen LogP contribution < -0.4 is 5.43 Å². The van der Waals surface area contributed by atoms with E-state index < -0.39 is 17.2 Å². The van der Waals surface area contributed by atoms with E-state index in [0.717, 1.165) is 30.5 Å². The monoisotopic (exact) mass is 214 g/mol. The lowest BCUT2D eigenvalue weighted by Gasteiger charge is -2.06. The third-order valence-corrected chi connectivity index (χ3v) is 1.99. The van der Waals surface area contributed by atoms with E-state index in [1.54, 1.807) is 0 Å². The summed E-state index contributed by atoms with van der Waals surface area (Å²) in [6, 6.07) is 3.90. The number of benzene rings is 1. The van der Waals surface area contributed by atoms with Crippen molar-refractivity contribution in [2.45, 2.75) is 6.18 Å². The Hall–Kier alpha value is -1.78. The summed E-state index contributed by atoms with van der Waals surface area (Å²) >= 11 is 0. The second-order valence-electron chi connectivity index (χ2n) is 2.99. The van der Waals surface area contributed by atoms with Gasteiger partial charge in [0.05, 0.1) is 17.2 Å². The lowest BCUT2D eigenvalue weighted by Crippen LogP contribution is -2.06. The Morgan fingerprint density at radius 1 is 1.13 bits per heavy atom. The fourth-order valence-corrected chi connectivity index (χ4v) is 1.26. The highest BCUT2D eigenvalue weighted by molar-refractivity contribution is 5.77. The van der Waals surface area contributed by atoms with E-state index in [9.17, 15) is 18.0 Å². The number of alkyl halides is 3. The summed E-state index contributed by atoms with van der Waals surface area (Å²) in [6.07, 6.45) is -3.30. The van der Waals surface area contributed by atoms with Gasteiger partial charge >= 0.3 is 6.18 Å². The highest BCUT2D eigenvalue weighted by Crippen LogP contribution is 2.30. The van der Waals surface area contributed by atoms with Gasteiger partial charge in [0.1, 0.15) is 5.58 Å². The lowest BCUT2D eigenvalue weighted by molar-refractivity contribution is -0.137. The first-order chi connectivity index (χ1) is 6.98. The van der Waals surface area contributed by atoms with Crippen molar-refractivity contribution in [2.24, 2.45) is 0 Å². The first-order valence-corrected chi connectivity index (χ1v) is 4.07. The fourth-order valence-electron chi connectivity index (χ4n) is 1.26. The second kappa shape index (κ2) is 3.12. The third-order valence-electron chi connectivity index (χ3n) is 1.99. The van der Waals surface area contributed by atoms with E-state index in [4.69, 9.17) is 4.42 Å². The molecule has 0 radical (unpaired) electrons. The SMILES string of the molecule is O=c1ccoc2ccc(C(F)(F)F)cc12. The molecule has 0 aliphatic heterocycles. The minimum atomic E-state index is -4.45. The number of hydrogen-bond acceptors (Lipinski definition) is 2. The molecule has 0 amide bonds. The van der Waals surface area contributed by atoms with Crippen LogP contribution in [0, 0.1) is 0 Å². The molecule has 0 unspecified atom stereocenters. The predicted molar refractivity (Wildman–Crippen MR) is 47.5 cm³/mol. The molecule has 0 aliphatic rings. The number of halogens is 3. The molecule has 5 heteroatoms. The standard InChI is InChI=1S/C10H5F3O2/c11-10(12,13)6-1-2-9-7(5-6)8(14)3-4-15-9/h1-5H. The molecule has 0 aliphatic carbocycles. The van der Waals surface area contributed by atoms with Crippen molar-refractivity contribution in [1.29, 1.82) is 0 Å². The van der Waals surface area contributed by atoms with Gasteiger partial charge in [-0.1, -0.05) is 0 Å². The first-order valence-electron chi connectivity index (χ1n) is 4.07. The molecule has 78 valence electrons. The van der Waals surface area contributed by atoms with Crippen LogP contribution in [-0.2, 0) is 6.18 Å². The van der Waals surface area contributed by atoms with Crippen LogP contribution in [0.5, 0.6) is 0 Å². The second-order valence-corrected chi connectivity index (χ2v) is 2.99. The molecule has 2 aromatic rings. The van der Waals surface area contributed by atoms with E-state index in [2.05, 4.69) is 0 Å². The Kier molecular flexibility index (Phi) is 2.03. The molecule has 0 fully saturated rings. The Labute approximate surface area is 81.9 Å². The Bertz CT molecular complexity index is 554. The average Bonchev–Trinajstić information content (AvgIpc) is 2.16. The summed E-state index contributed by atoms with van der Waals surface area (Å²) in [5.41, 5.74) is -1.19. The zero-order valence-corrected chi connectivity index (χ0v) is 7.34. The molecular weight excluding hydrogens is 209 g/mol. The molecule has 0 atom stereocenters.